The number of benzene rings is 1. The summed E-state index contributed by atoms with van der Waals surface area (Å²) in [5.74, 6) is -2.95. The summed E-state index contributed by atoms with van der Waals surface area (Å²) < 4.78 is 25.4. The van der Waals surface area contributed by atoms with E-state index in [1.54, 1.807) is 6.07 Å². The number of aliphatic carboxylic acids is 2. The van der Waals surface area contributed by atoms with Crippen molar-refractivity contribution in [1.82, 2.24) is 4.72 Å². The summed E-state index contributed by atoms with van der Waals surface area (Å²) in [6.07, 6.45) is -0.832. The van der Waals surface area contributed by atoms with E-state index in [1.165, 1.54) is 24.3 Å². The van der Waals surface area contributed by atoms with Crippen molar-refractivity contribution in [3.8, 4) is 0 Å². The van der Waals surface area contributed by atoms with Crippen LogP contribution in [0.25, 0.3) is 0 Å². The average molecular weight is 273 g/mol. The Labute approximate surface area is 103 Å². The standard InChI is InChI=1S/C10H11NO6S/c12-9(13)6-8(10(14)15)11-18(16,17)7-4-2-1-3-5-7/h1-5,8,11H,6H2,(H,12,13)(H,14,15). The van der Waals surface area contributed by atoms with Gasteiger partial charge in [-0.25, -0.2) is 8.42 Å². The Bertz CT molecular complexity index is 539. The van der Waals surface area contributed by atoms with Crippen molar-refractivity contribution in [3.63, 3.8) is 0 Å². The van der Waals surface area contributed by atoms with Gasteiger partial charge in [-0.05, 0) is 12.1 Å². The molecule has 0 aliphatic heterocycles. The van der Waals surface area contributed by atoms with Crippen LogP contribution in [0, 0.1) is 0 Å². The highest BCUT2D eigenvalue weighted by atomic mass is 32.2. The van der Waals surface area contributed by atoms with E-state index < -0.39 is 34.4 Å². The van der Waals surface area contributed by atoms with Gasteiger partial charge in [-0.2, -0.15) is 4.72 Å². The molecule has 0 saturated carbocycles. The van der Waals surface area contributed by atoms with Crippen LogP contribution < -0.4 is 4.72 Å². The fourth-order valence-electron chi connectivity index (χ4n) is 1.21. The van der Waals surface area contributed by atoms with Gasteiger partial charge in [0.2, 0.25) is 10.0 Å². The van der Waals surface area contributed by atoms with Crippen LogP contribution in [0.15, 0.2) is 35.2 Å². The summed E-state index contributed by atoms with van der Waals surface area (Å²) in [6.45, 7) is 0. The molecule has 0 heterocycles. The topological polar surface area (TPSA) is 121 Å². The molecule has 0 aliphatic rings. The van der Waals surface area contributed by atoms with E-state index in [0.717, 1.165) is 0 Å². The summed E-state index contributed by atoms with van der Waals surface area (Å²) >= 11 is 0. The second-order valence-corrected chi connectivity index (χ2v) is 5.14. The van der Waals surface area contributed by atoms with Crippen LogP contribution in [0.1, 0.15) is 6.42 Å². The van der Waals surface area contributed by atoms with E-state index in [0.29, 0.717) is 0 Å². The molecule has 0 amide bonds. The first kappa shape index (κ1) is 14.1. The van der Waals surface area contributed by atoms with Crippen molar-refractivity contribution in [2.24, 2.45) is 0 Å². The average Bonchev–Trinajstić information content (AvgIpc) is 2.28. The Hall–Kier alpha value is -1.93. The third kappa shape index (κ3) is 3.82. The molecule has 1 atom stereocenters. The predicted octanol–water partition coefficient (Wildman–Crippen LogP) is -0.107. The van der Waals surface area contributed by atoms with Crippen molar-refractivity contribution < 1.29 is 28.2 Å². The summed E-state index contributed by atoms with van der Waals surface area (Å²) in [4.78, 5) is 21.1. The molecule has 0 aromatic heterocycles. The van der Waals surface area contributed by atoms with E-state index >= 15 is 0 Å². The molecule has 0 aliphatic carbocycles. The van der Waals surface area contributed by atoms with Gasteiger partial charge < -0.3 is 10.2 Å². The van der Waals surface area contributed by atoms with Crippen LogP contribution in [0.4, 0.5) is 0 Å². The molecule has 1 aromatic rings. The van der Waals surface area contributed by atoms with Gasteiger partial charge in [-0.15, -0.1) is 0 Å². The zero-order valence-corrected chi connectivity index (χ0v) is 9.92. The van der Waals surface area contributed by atoms with E-state index in [9.17, 15) is 18.0 Å². The van der Waals surface area contributed by atoms with Gasteiger partial charge in [-0.3, -0.25) is 9.59 Å². The molecule has 8 heteroatoms. The van der Waals surface area contributed by atoms with Crippen molar-refractivity contribution in [3.05, 3.63) is 30.3 Å². The quantitative estimate of drug-likeness (QED) is 0.665. The van der Waals surface area contributed by atoms with Crippen molar-refractivity contribution in [2.45, 2.75) is 17.4 Å². The number of carboxylic acid groups (broad SMARTS) is 2. The van der Waals surface area contributed by atoms with Gasteiger partial charge in [0.05, 0.1) is 11.3 Å². The maximum Gasteiger partial charge on any atom is 0.322 e. The first-order valence-corrected chi connectivity index (χ1v) is 6.33. The molecule has 0 spiro atoms. The molecule has 1 rings (SSSR count). The zero-order chi connectivity index (χ0) is 13.8. The molecule has 0 fully saturated rings. The molecular weight excluding hydrogens is 262 g/mol. The summed E-state index contributed by atoms with van der Waals surface area (Å²) in [7, 11) is -4.04. The fraction of sp³-hybridized carbons (Fsp3) is 0.200. The SMILES string of the molecule is O=C(O)CC(NS(=O)(=O)c1ccccc1)C(=O)O. The van der Waals surface area contributed by atoms with E-state index in [2.05, 4.69) is 0 Å². The molecule has 0 saturated heterocycles. The first-order chi connectivity index (χ1) is 8.33. The molecule has 1 aromatic carbocycles. The first-order valence-electron chi connectivity index (χ1n) is 4.85. The monoisotopic (exact) mass is 273 g/mol. The van der Waals surface area contributed by atoms with Crippen LogP contribution in [0.5, 0.6) is 0 Å². The number of nitrogens with one attached hydrogen (secondary N) is 1. The Morgan fingerprint density at radius 1 is 1.17 bits per heavy atom. The molecule has 0 radical (unpaired) electrons. The third-order valence-corrected chi connectivity index (χ3v) is 3.52. The lowest BCUT2D eigenvalue weighted by Gasteiger charge is -2.12. The second kappa shape index (κ2) is 5.61. The van der Waals surface area contributed by atoms with Gasteiger partial charge in [0.1, 0.15) is 6.04 Å². The number of rotatable bonds is 6. The van der Waals surface area contributed by atoms with Crippen molar-refractivity contribution >= 4 is 22.0 Å². The highest BCUT2D eigenvalue weighted by Crippen LogP contribution is 2.09. The smallest absolute Gasteiger partial charge is 0.322 e. The minimum Gasteiger partial charge on any atom is -0.481 e. The van der Waals surface area contributed by atoms with E-state index in [1.807, 2.05) is 4.72 Å². The Morgan fingerprint density at radius 2 is 1.72 bits per heavy atom. The fourth-order valence-corrected chi connectivity index (χ4v) is 2.42. The molecule has 0 bridgehead atoms. The van der Waals surface area contributed by atoms with Crippen LogP contribution in [-0.2, 0) is 19.6 Å². The van der Waals surface area contributed by atoms with Crippen LogP contribution in [0.2, 0.25) is 0 Å². The van der Waals surface area contributed by atoms with Gasteiger partial charge in [0.15, 0.2) is 0 Å². The minimum atomic E-state index is -4.04. The summed E-state index contributed by atoms with van der Waals surface area (Å²) in [5, 5.41) is 17.2. The summed E-state index contributed by atoms with van der Waals surface area (Å²) in [6, 6.07) is 5.41. The van der Waals surface area contributed by atoms with Gasteiger partial charge in [0.25, 0.3) is 0 Å². The highest BCUT2D eigenvalue weighted by molar-refractivity contribution is 7.89. The van der Waals surface area contributed by atoms with Crippen LogP contribution in [0.3, 0.4) is 0 Å². The van der Waals surface area contributed by atoms with Gasteiger partial charge in [-0.1, -0.05) is 18.2 Å². The summed E-state index contributed by atoms with van der Waals surface area (Å²) in [5.41, 5.74) is 0. The number of sulfonamides is 1. The number of carboxylic acids is 2. The highest BCUT2D eigenvalue weighted by Gasteiger charge is 2.27. The lowest BCUT2D eigenvalue weighted by Crippen LogP contribution is -2.42. The second-order valence-electron chi connectivity index (χ2n) is 3.42. The lowest BCUT2D eigenvalue weighted by molar-refractivity contribution is -0.145. The molecule has 98 valence electrons. The van der Waals surface area contributed by atoms with Crippen LogP contribution in [-0.4, -0.2) is 36.6 Å². The number of carbonyl (C=O) groups is 2. The number of hydrogen-bond acceptors (Lipinski definition) is 4. The molecule has 7 nitrogen and oxygen atoms in total. The largest absolute Gasteiger partial charge is 0.481 e. The van der Waals surface area contributed by atoms with Crippen LogP contribution >= 0.6 is 0 Å². The van der Waals surface area contributed by atoms with Crippen molar-refractivity contribution in [2.75, 3.05) is 0 Å². The maximum atomic E-state index is 11.8. The van der Waals surface area contributed by atoms with Gasteiger partial charge in [0, 0.05) is 0 Å². The van der Waals surface area contributed by atoms with Crippen molar-refractivity contribution in [1.29, 1.82) is 0 Å². The van der Waals surface area contributed by atoms with E-state index in [-0.39, 0.29) is 4.90 Å². The minimum absolute atomic E-state index is 0.123. The number of hydrogen-bond donors (Lipinski definition) is 3. The molecule has 1 unspecified atom stereocenters. The molecular formula is C10H11NO6S. The predicted molar refractivity (Wildman–Crippen MR) is 60.4 cm³/mol. The Morgan fingerprint density at radius 3 is 2.17 bits per heavy atom. The normalized spacial score (nSPS) is 12.9. The third-order valence-electron chi connectivity index (χ3n) is 2.03. The lowest BCUT2D eigenvalue weighted by atomic mass is 10.2. The molecule has 3 N–H and O–H groups in total. The Kier molecular flexibility index (Phi) is 4.40. The van der Waals surface area contributed by atoms with E-state index in [4.69, 9.17) is 10.2 Å². The molecule has 18 heavy (non-hydrogen) atoms. The van der Waals surface area contributed by atoms with Gasteiger partial charge >= 0.3 is 11.9 Å². The Balaban J connectivity index is 2.93. The maximum absolute atomic E-state index is 11.8. The zero-order valence-electron chi connectivity index (χ0n) is 9.11.